The Morgan fingerprint density at radius 1 is 0.556 bits per heavy atom. The van der Waals surface area contributed by atoms with E-state index in [0.29, 0.717) is 54.6 Å². The van der Waals surface area contributed by atoms with Crippen molar-refractivity contribution in [3.05, 3.63) is 0 Å². The van der Waals surface area contributed by atoms with Gasteiger partial charge < -0.3 is 38.2 Å². The number of fused-ring (bicyclic) bond motifs is 3. The van der Waals surface area contributed by atoms with Gasteiger partial charge in [0.1, 0.15) is 12.9 Å². The zero-order valence-electron chi connectivity index (χ0n) is 28.6. The number of methoxy groups -OCH3 is 2. The highest BCUT2D eigenvalue weighted by molar-refractivity contribution is 5.06. The summed E-state index contributed by atoms with van der Waals surface area (Å²) in [6.07, 6.45) is 18.3. The standard InChI is InChI=1S/C37H62N2O6/c1-38-13-11-24-18-31(41-4)33-20-27(24)28(38)16-23-7-10-30(40-3)32(17-23)44-26-8-5-22(6-9-26)15-29-35-25(12-14-39(29)2)19-34-36(37(35)45-33)43-21-42-34/h22-37H,5-21H2,1-4H3. The van der Waals surface area contributed by atoms with Crippen molar-refractivity contribution in [2.24, 2.45) is 35.5 Å². The molecule has 256 valence electrons. The van der Waals surface area contributed by atoms with Crippen LogP contribution in [-0.2, 0) is 28.4 Å². The van der Waals surface area contributed by atoms with Gasteiger partial charge in [-0.05, 0) is 147 Å². The van der Waals surface area contributed by atoms with Gasteiger partial charge in [0.15, 0.2) is 0 Å². The van der Waals surface area contributed by atoms with Crippen molar-refractivity contribution in [2.75, 3.05) is 48.2 Å². The maximum absolute atomic E-state index is 7.55. The van der Waals surface area contributed by atoms with Gasteiger partial charge in [0.2, 0.25) is 0 Å². The molecule has 5 saturated heterocycles. The Hall–Kier alpha value is -0.320. The number of likely N-dealkylation sites (tertiary alicyclic amines) is 2. The number of hydrogen-bond acceptors (Lipinski definition) is 8. The summed E-state index contributed by atoms with van der Waals surface area (Å²) in [5.74, 6) is 3.94. The molecule has 4 saturated carbocycles. The van der Waals surface area contributed by atoms with Gasteiger partial charge in [0.25, 0.3) is 0 Å². The third-order valence-electron chi connectivity index (χ3n) is 14.6. The first kappa shape index (κ1) is 31.9. The topological polar surface area (TPSA) is 61.9 Å². The minimum atomic E-state index is 0.0444. The maximum atomic E-state index is 7.55. The highest BCUT2D eigenvalue weighted by Gasteiger charge is 2.56. The Labute approximate surface area is 272 Å². The van der Waals surface area contributed by atoms with E-state index in [1.807, 2.05) is 14.2 Å². The molecular weight excluding hydrogens is 568 g/mol. The Bertz CT molecular complexity index is 994. The highest BCUT2D eigenvalue weighted by atomic mass is 16.7. The van der Waals surface area contributed by atoms with Crippen molar-refractivity contribution in [1.29, 1.82) is 0 Å². The van der Waals surface area contributed by atoms with Gasteiger partial charge in [-0.15, -0.1) is 0 Å². The first-order chi connectivity index (χ1) is 22.0. The molecule has 4 aliphatic carbocycles. The molecule has 5 aliphatic heterocycles. The Kier molecular flexibility index (Phi) is 9.60. The van der Waals surface area contributed by atoms with E-state index in [9.17, 15) is 0 Å². The molecular formula is C37H62N2O6. The molecule has 0 aromatic heterocycles. The number of nitrogens with zero attached hydrogens (tertiary/aromatic N) is 2. The van der Waals surface area contributed by atoms with E-state index in [4.69, 9.17) is 28.4 Å². The number of piperidine rings is 2. The van der Waals surface area contributed by atoms with Gasteiger partial charge in [-0.2, -0.15) is 0 Å². The average Bonchev–Trinajstić information content (AvgIpc) is 3.53. The van der Waals surface area contributed by atoms with Gasteiger partial charge >= 0.3 is 0 Å². The summed E-state index contributed by atoms with van der Waals surface area (Å²) in [4.78, 5) is 5.40. The van der Waals surface area contributed by atoms with Crippen molar-refractivity contribution < 1.29 is 28.4 Å². The normalized spacial score (nSPS) is 52.8. The van der Waals surface area contributed by atoms with Crippen LogP contribution in [0.5, 0.6) is 0 Å². The fourth-order valence-corrected chi connectivity index (χ4v) is 12.1. The van der Waals surface area contributed by atoms with E-state index in [0.717, 1.165) is 38.0 Å². The minimum absolute atomic E-state index is 0.0444. The van der Waals surface area contributed by atoms with E-state index in [2.05, 4.69) is 23.9 Å². The quantitative estimate of drug-likeness (QED) is 0.417. The van der Waals surface area contributed by atoms with E-state index in [-0.39, 0.29) is 42.7 Å². The molecule has 45 heavy (non-hydrogen) atoms. The second kappa shape index (κ2) is 13.5. The summed E-state index contributed by atoms with van der Waals surface area (Å²) in [6, 6.07) is 1.13. The SMILES string of the molecule is COC1CCC2CC1OC1CCC(CC1)CC1C3C(CCN1C)CC1OCOC1C3OC1CC3C(CCN(C)C3C2)CC1OC. The van der Waals surface area contributed by atoms with Crippen LogP contribution < -0.4 is 0 Å². The van der Waals surface area contributed by atoms with Crippen LogP contribution in [0.2, 0.25) is 0 Å². The second-order valence-corrected chi connectivity index (χ2v) is 16.8. The molecule has 0 amide bonds. The summed E-state index contributed by atoms with van der Waals surface area (Å²) in [6.45, 7) is 2.79. The zero-order valence-corrected chi connectivity index (χ0v) is 28.6. The van der Waals surface area contributed by atoms with Crippen molar-refractivity contribution in [2.45, 2.75) is 151 Å². The molecule has 14 atom stereocenters. The summed E-state index contributed by atoms with van der Waals surface area (Å²) < 4.78 is 39.6. The predicted octanol–water partition coefficient (Wildman–Crippen LogP) is 5.12. The van der Waals surface area contributed by atoms with Crippen LogP contribution in [0.25, 0.3) is 0 Å². The largest absolute Gasteiger partial charge is 0.379 e. The lowest BCUT2D eigenvalue weighted by Gasteiger charge is -2.55. The van der Waals surface area contributed by atoms with Crippen LogP contribution in [0.3, 0.4) is 0 Å². The third kappa shape index (κ3) is 6.19. The third-order valence-corrected chi connectivity index (χ3v) is 14.6. The Balaban J connectivity index is 1.13. The van der Waals surface area contributed by atoms with Crippen LogP contribution in [0, 0.1) is 35.5 Å². The van der Waals surface area contributed by atoms with Gasteiger partial charge in [-0.1, -0.05) is 0 Å². The van der Waals surface area contributed by atoms with Crippen molar-refractivity contribution in [1.82, 2.24) is 9.80 Å². The van der Waals surface area contributed by atoms with Crippen LogP contribution in [-0.4, -0.2) is 119 Å². The van der Waals surface area contributed by atoms with E-state index in [1.54, 1.807) is 0 Å². The lowest BCUT2D eigenvalue weighted by Crippen LogP contribution is -2.62. The fraction of sp³-hybridized carbons (Fsp3) is 1.00. The molecule has 9 aliphatic rings. The van der Waals surface area contributed by atoms with Crippen molar-refractivity contribution in [3.8, 4) is 0 Å². The maximum Gasteiger partial charge on any atom is 0.147 e. The van der Waals surface area contributed by atoms with Crippen LogP contribution >= 0.6 is 0 Å². The van der Waals surface area contributed by atoms with Gasteiger partial charge in [0, 0.05) is 32.2 Å². The molecule has 0 radical (unpaired) electrons. The minimum Gasteiger partial charge on any atom is -0.379 e. The first-order valence-electron chi connectivity index (χ1n) is 19.0. The lowest BCUT2D eigenvalue weighted by atomic mass is 9.64. The zero-order chi connectivity index (χ0) is 30.7. The molecule has 14 unspecified atom stereocenters. The number of ether oxygens (including phenoxy) is 6. The molecule has 0 N–H and O–H groups in total. The second-order valence-electron chi connectivity index (χ2n) is 16.8. The molecule has 0 spiro atoms. The first-order valence-corrected chi connectivity index (χ1v) is 19.0. The van der Waals surface area contributed by atoms with Gasteiger partial charge in [0.05, 0.1) is 42.7 Å². The Morgan fingerprint density at radius 2 is 1.27 bits per heavy atom. The molecule has 8 heteroatoms. The summed E-state index contributed by atoms with van der Waals surface area (Å²) in [5, 5.41) is 0. The van der Waals surface area contributed by atoms with Gasteiger partial charge in [-0.25, -0.2) is 0 Å². The number of rotatable bonds is 2. The molecule has 0 aromatic carbocycles. The molecule has 8 nitrogen and oxygen atoms in total. The van der Waals surface area contributed by atoms with Crippen LogP contribution in [0.4, 0.5) is 0 Å². The summed E-state index contributed by atoms with van der Waals surface area (Å²) in [5.41, 5.74) is 0. The average molecular weight is 631 g/mol. The highest BCUT2D eigenvalue weighted by Crippen LogP contribution is 2.50. The summed E-state index contributed by atoms with van der Waals surface area (Å²) >= 11 is 0. The predicted molar refractivity (Wildman–Crippen MR) is 172 cm³/mol. The molecule has 0 aromatic rings. The van der Waals surface area contributed by atoms with Gasteiger partial charge in [-0.3, -0.25) is 0 Å². The smallest absolute Gasteiger partial charge is 0.147 e. The van der Waals surface area contributed by atoms with Crippen molar-refractivity contribution >= 4 is 0 Å². The molecule has 9 rings (SSSR count). The van der Waals surface area contributed by atoms with Crippen molar-refractivity contribution in [3.63, 3.8) is 0 Å². The molecule has 6 bridgehead atoms. The van der Waals surface area contributed by atoms with E-state index in [1.165, 1.54) is 70.9 Å². The lowest BCUT2D eigenvalue weighted by molar-refractivity contribution is -0.210. The van der Waals surface area contributed by atoms with E-state index < -0.39 is 0 Å². The monoisotopic (exact) mass is 630 g/mol. The van der Waals surface area contributed by atoms with Crippen LogP contribution in [0.1, 0.15) is 89.9 Å². The summed E-state index contributed by atoms with van der Waals surface area (Å²) in [7, 11) is 8.60. The van der Waals surface area contributed by atoms with E-state index >= 15 is 0 Å². The van der Waals surface area contributed by atoms with Crippen LogP contribution in [0.15, 0.2) is 0 Å². The number of hydrogen-bond donors (Lipinski definition) is 0. The molecule has 5 heterocycles. The fourth-order valence-electron chi connectivity index (χ4n) is 12.1. The molecule has 9 fully saturated rings. The Morgan fingerprint density at radius 3 is 2.07 bits per heavy atom.